The van der Waals surface area contributed by atoms with Crippen molar-refractivity contribution in [2.75, 3.05) is 50.3 Å². The number of piperazine rings is 1. The predicted octanol–water partition coefficient (Wildman–Crippen LogP) is 6.78. The summed E-state index contributed by atoms with van der Waals surface area (Å²) in [5.41, 5.74) is -0.925. The Balaban J connectivity index is 1.48. The highest BCUT2D eigenvalue weighted by Gasteiger charge is 2.41. The number of rotatable bonds is 5. The minimum atomic E-state index is -5.26. The third-order valence-electron chi connectivity index (χ3n) is 9.27. The first-order chi connectivity index (χ1) is 24.8. The van der Waals surface area contributed by atoms with Gasteiger partial charge in [0.1, 0.15) is 34.8 Å². The Labute approximate surface area is 282 Å². The lowest BCUT2D eigenvalue weighted by Gasteiger charge is -2.40. The maximum absolute atomic E-state index is 17.2. The molecule has 0 amide bonds. The van der Waals surface area contributed by atoms with Gasteiger partial charge >= 0.3 is 12.2 Å². The highest BCUT2D eigenvalue weighted by molar-refractivity contribution is 7.23. The van der Waals surface area contributed by atoms with E-state index in [0.29, 0.717) is 6.07 Å². The topological polar surface area (TPSA) is 103 Å². The number of halogens is 6. The number of thiophene rings is 1. The van der Waals surface area contributed by atoms with Gasteiger partial charge in [-0.15, -0.1) is 11.3 Å². The summed E-state index contributed by atoms with van der Waals surface area (Å²) in [5, 5.41) is 12.3. The second kappa shape index (κ2) is 11.8. The highest BCUT2D eigenvalue weighted by Crippen LogP contribution is 2.48. The number of hydrogen-bond donors (Lipinski definition) is 2. The SMILES string of the molecule is [2H]C([2H])([2H])N1CC/C(=C\F)[C@](C)(C([2H])([2H])Oc2nc(N3C[C@H]4CC[C@@H](C3)N4)c3cc(C(F)(F)F)c(-c4c(F)ccc5sc(N)c(C#N)c45)c(F)c3n2)C1. The lowest BCUT2D eigenvalue weighted by molar-refractivity contribution is -0.137. The molecule has 2 bridgehead atoms. The second-order valence-corrected chi connectivity index (χ2v) is 13.6. The predicted molar refractivity (Wildman–Crippen MR) is 171 cm³/mol. The fraction of sp³-hybridized carbons (Fsp3) is 0.424. The summed E-state index contributed by atoms with van der Waals surface area (Å²) in [6.45, 7) is -4.57. The van der Waals surface area contributed by atoms with Gasteiger partial charge in [-0.2, -0.15) is 28.4 Å². The van der Waals surface area contributed by atoms with Gasteiger partial charge in [-0.3, -0.25) is 0 Å². The number of hydrogen-bond acceptors (Lipinski definition) is 9. The summed E-state index contributed by atoms with van der Waals surface area (Å²) >= 11 is 0.812. The summed E-state index contributed by atoms with van der Waals surface area (Å²) < 4.78 is 140. The molecule has 48 heavy (non-hydrogen) atoms. The van der Waals surface area contributed by atoms with Gasteiger partial charge in [0.25, 0.3) is 0 Å². The lowest BCUT2D eigenvalue weighted by Crippen LogP contribution is -2.51. The van der Waals surface area contributed by atoms with E-state index in [1.54, 1.807) is 11.0 Å². The number of benzene rings is 2. The Hall–Kier alpha value is -4.13. The minimum Gasteiger partial charge on any atom is -0.462 e. The normalized spacial score (nSPS) is 26.2. The smallest absolute Gasteiger partial charge is 0.417 e. The first-order valence-corrected chi connectivity index (χ1v) is 15.9. The van der Waals surface area contributed by atoms with Crippen molar-refractivity contribution in [3.8, 4) is 23.2 Å². The van der Waals surface area contributed by atoms with Crippen molar-refractivity contribution in [2.45, 2.75) is 44.4 Å². The molecule has 0 aliphatic carbocycles. The first kappa shape index (κ1) is 26.8. The molecule has 0 spiro atoms. The van der Waals surface area contributed by atoms with E-state index >= 15 is 22.0 Å². The molecule has 15 heteroatoms. The van der Waals surface area contributed by atoms with E-state index in [-0.39, 0.29) is 76.5 Å². The van der Waals surface area contributed by atoms with Gasteiger partial charge in [0.2, 0.25) is 0 Å². The number of nitrogens with zero attached hydrogens (tertiary/aromatic N) is 5. The molecule has 3 aliphatic heterocycles. The van der Waals surface area contributed by atoms with E-state index in [1.807, 2.05) is 0 Å². The summed E-state index contributed by atoms with van der Waals surface area (Å²) in [7, 11) is 0. The van der Waals surface area contributed by atoms with Crippen LogP contribution < -0.4 is 20.7 Å². The van der Waals surface area contributed by atoms with Crippen molar-refractivity contribution in [1.29, 1.82) is 5.26 Å². The summed E-state index contributed by atoms with van der Waals surface area (Å²) in [6.07, 6.45) is -3.78. The standard InChI is InChI=1S/C33H31F6N7OS/c1-32(14-45(2)8-7-16(32)10-34)15-47-31-43-28-19(30(44-31)46-12-17-3-4-18(13-46)42-17)9-21(33(37,38)39)25(27(28)36)26-22(35)5-6-23-24(26)20(11-40)29(41)48-23/h5-6,9-10,17-18,42H,3-4,7-8,12-15,41H2,1-2H3/b16-10+/t17-,18+,32-/m0/s1/i2D3,15D2. The number of piperidine rings is 1. The molecule has 5 heterocycles. The molecule has 4 aromatic rings. The van der Waals surface area contributed by atoms with E-state index in [4.69, 9.17) is 17.3 Å². The van der Waals surface area contributed by atoms with Crippen LogP contribution in [-0.4, -0.2) is 66.7 Å². The van der Waals surface area contributed by atoms with Crippen molar-refractivity contribution >= 4 is 43.1 Å². The monoisotopic (exact) mass is 692 g/mol. The molecule has 252 valence electrons. The number of anilines is 2. The molecule has 0 unspecified atom stereocenters. The fourth-order valence-corrected chi connectivity index (χ4v) is 7.91. The molecule has 0 saturated carbocycles. The molecule has 2 aromatic heterocycles. The Morgan fingerprint density at radius 3 is 2.67 bits per heavy atom. The quantitative estimate of drug-likeness (QED) is 0.221. The lowest BCUT2D eigenvalue weighted by atomic mass is 9.78. The zero-order chi connectivity index (χ0) is 38.4. The number of alkyl halides is 3. The second-order valence-electron chi connectivity index (χ2n) is 12.5. The number of nitrogen functional groups attached to an aromatic ring is 1. The molecule has 3 atom stereocenters. The third kappa shape index (κ3) is 5.39. The van der Waals surface area contributed by atoms with Crippen molar-refractivity contribution in [3.05, 3.63) is 52.9 Å². The zero-order valence-corrected chi connectivity index (χ0v) is 26.1. The van der Waals surface area contributed by atoms with Gasteiger partial charge in [-0.1, -0.05) is 6.92 Å². The molecule has 3 saturated heterocycles. The van der Waals surface area contributed by atoms with Crippen LogP contribution in [0, 0.1) is 28.4 Å². The van der Waals surface area contributed by atoms with Gasteiger partial charge in [0, 0.05) is 74.4 Å². The van der Waals surface area contributed by atoms with E-state index < -0.39 is 76.9 Å². The van der Waals surface area contributed by atoms with Crippen molar-refractivity contribution < 1.29 is 37.9 Å². The van der Waals surface area contributed by atoms with E-state index in [2.05, 4.69) is 15.3 Å². The van der Waals surface area contributed by atoms with Crippen LogP contribution in [0.1, 0.15) is 44.2 Å². The van der Waals surface area contributed by atoms with Crippen LogP contribution in [0.2, 0.25) is 0 Å². The van der Waals surface area contributed by atoms with Gasteiger partial charge < -0.3 is 25.6 Å². The van der Waals surface area contributed by atoms with Crippen LogP contribution in [0.4, 0.5) is 37.2 Å². The van der Waals surface area contributed by atoms with Gasteiger partial charge in [-0.05, 0) is 50.0 Å². The minimum absolute atomic E-state index is 0.0924. The molecule has 3 fully saturated rings. The molecule has 0 radical (unpaired) electrons. The Morgan fingerprint density at radius 2 is 2.00 bits per heavy atom. The highest BCUT2D eigenvalue weighted by atomic mass is 32.1. The Kier molecular flexibility index (Phi) is 6.57. The zero-order valence-electron chi connectivity index (χ0n) is 30.3. The average molecular weight is 693 g/mol. The maximum Gasteiger partial charge on any atom is 0.417 e. The van der Waals surface area contributed by atoms with Crippen LogP contribution >= 0.6 is 11.3 Å². The molecule has 3 N–H and O–H groups in total. The van der Waals surface area contributed by atoms with Gasteiger partial charge in [-0.25, -0.2) is 13.2 Å². The van der Waals surface area contributed by atoms with Crippen LogP contribution in [0.25, 0.3) is 32.1 Å². The van der Waals surface area contributed by atoms with Gasteiger partial charge in [0.05, 0.1) is 20.2 Å². The van der Waals surface area contributed by atoms with Crippen LogP contribution in [0.15, 0.2) is 30.1 Å². The van der Waals surface area contributed by atoms with E-state index in [0.717, 1.165) is 35.1 Å². The van der Waals surface area contributed by atoms with Crippen molar-refractivity contribution in [2.24, 2.45) is 5.41 Å². The summed E-state index contributed by atoms with van der Waals surface area (Å²) in [5.74, 6) is -3.14. The number of fused-ring (bicyclic) bond motifs is 4. The molecule has 2 aromatic carbocycles. The third-order valence-corrected chi connectivity index (χ3v) is 10.3. The maximum atomic E-state index is 17.2. The Morgan fingerprint density at radius 1 is 1.25 bits per heavy atom. The van der Waals surface area contributed by atoms with Crippen LogP contribution in [-0.2, 0) is 6.18 Å². The van der Waals surface area contributed by atoms with E-state index in [9.17, 15) is 9.65 Å². The van der Waals surface area contributed by atoms with Crippen LogP contribution in [0.3, 0.4) is 0 Å². The fourth-order valence-electron chi connectivity index (χ4n) is 6.98. The number of nitriles is 1. The van der Waals surface area contributed by atoms with Crippen molar-refractivity contribution in [3.63, 3.8) is 0 Å². The average Bonchev–Trinajstić information content (AvgIpc) is 3.59. The van der Waals surface area contributed by atoms with Gasteiger partial charge in [0.15, 0.2) is 5.82 Å². The number of nitrogens with one attached hydrogen (secondary N) is 1. The number of nitrogens with two attached hydrogens (primary N) is 1. The number of ether oxygens (including phenoxy) is 1. The largest absolute Gasteiger partial charge is 0.462 e. The van der Waals surface area contributed by atoms with E-state index in [1.165, 1.54) is 13.0 Å². The first-order valence-electron chi connectivity index (χ1n) is 17.5. The van der Waals surface area contributed by atoms with Crippen LogP contribution in [0.5, 0.6) is 6.01 Å². The molecular formula is C33H31F6N7OS. The molecular weight excluding hydrogens is 656 g/mol. The summed E-state index contributed by atoms with van der Waals surface area (Å²) in [6, 6.07) is 3.41. The Bertz CT molecular complexity index is 2210. The molecule has 3 aliphatic rings. The molecule has 8 nitrogen and oxygen atoms in total. The molecule has 7 rings (SSSR count). The van der Waals surface area contributed by atoms with Crippen molar-refractivity contribution in [1.82, 2.24) is 20.2 Å². The number of aromatic nitrogens is 2. The number of likely N-dealkylation sites (tertiary alicyclic amines) is 1. The summed E-state index contributed by atoms with van der Waals surface area (Å²) in [4.78, 5) is 11.0.